The first-order valence-electron chi connectivity index (χ1n) is 11.3. The summed E-state index contributed by atoms with van der Waals surface area (Å²) in [6.45, 7) is 0.296. The van der Waals surface area contributed by atoms with Crippen LogP contribution in [0.25, 0.3) is 55.8 Å². The molecule has 0 unspecified atom stereocenters. The fraction of sp³-hybridized carbons (Fsp3) is 0.115. The number of H-pyrrole nitrogens is 2. The van der Waals surface area contributed by atoms with Gasteiger partial charge < -0.3 is 19.6 Å². The van der Waals surface area contributed by atoms with Crippen LogP contribution in [0.2, 0.25) is 0 Å². The number of nitrogens with zero attached hydrogens (tertiary/aromatic N) is 5. The minimum Gasteiger partial charge on any atom is -0.472 e. The molecule has 0 saturated heterocycles. The molecular formula is C26H22N8O2. The molecule has 0 fully saturated rings. The second kappa shape index (κ2) is 8.75. The summed E-state index contributed by atoms with van der Waals surface area (Å²) in [7, 11) is 3.70. The van der Waals surface area contributed by atoms with E-state index in [1.165, 1.54) is 0 Å². The van der Waals surface area contributed by atoms with Gasteiger partial charge in [-0.1, -0.05) is 6.07 Å². The first-order valence-corrected chi connectivity index (χ1v) is 11.3. The summed E-state index contributed by atoms with van der Waals surface area (Å²) in [4.78, 5) is 31.0. The number of nitrogens with one attached hydrogen (secondary N) is 3. The largest absolute Gasteiger partial charge is 0.472 e. The lowest BCUT2D eigenvalue weighted by atomic mass is 10.0. The van der Waals surface area contributed by atoms with Crippen LogP contribution in [-0.4, -0.2) is 61.6 Å². The van der Waals surface area contributed by atoms with E-state index in [9.17, 15) is 4.79 Å². The fourth-order valence-corrected chi connectivity index (χ4v) is 4.19. The van der Waals surface area contributed by atoms with Crippen molar-refractivity contribution in [3.63, 3.8) is 0 Å². The third-order valence-corrected chi connectivity index (χ3v) is 5.80. The van der Waals surface area contributed by atoms with Crippen molar-refractivity contribution >= 4 is 33.5 Å². The molecule has 36 heavy (non-hydrogen) atoms. The van der Waals surface area contributed by atoms with Crippen LogP contribution in [0.5, 0.6) is 0 Å². The lowest BCUT2D eigenvalue weighted by molar-refractivity contribution is -0.116. The molecule has 0 atom stereocenters. The van der Waals surface area contributed by atoms with Crippen molar-refractivity contribution in [3.8, 4) is 33.9 Å². The average Bonchev–Trinajstić information content (AvgIpc) is 3.62. The molecule has 3 N–H and O–H groups in total. The van der Waals surface area contributed by atoms with Crippen molar-refractivity contribution in [1.82, 2.24) is 35.0 Å². The Morgan fingerprint density at radius 3 is 2.78 bits per heavy atom. The summed E-state index contributed by atoms with van der Waals surface area (Å²) < 4.78 is 5.23. The van der Waals surface area contributed by atoms with Crippen molar-refractivity contribution in [2.24, 2.45) is 0 Å². The Bertz CT molecular complexity index is 1700. The van der Waals surface area contributed by atoms with Gasteiger partial charge in [-0.3, -0.25) is 19.9 Å². The molecule has 5 aromatic heterocycles. The van der Waals surface area contributed by atoms with Crippen molar-refractivity contribution < 1.29 is 9.21 Å². The molecule has 5 heterocycles. The van der Waals surface area contributed by atoms with Gasteiger partial charge in [0, 0.05) is 28.9 Å². The summed E-state index contributed by atoms with van der Waals surface area (Å²) in [5.74, 6) is 0.537. The van der Waals surface area contributed by atoms with E-state index in [0.717, 1.165) is 44.3 Å². The first kappa shape index (κ1) is 21.7. The van der Waals surface area contributed by atoms with E-state index in [4.69, 9.17) is 9.40 Å². The lowest BCUT2D eigenvalue weighted by Crippen LogP contribution is -2.27. The number of hydrogen-bond acceptors (Lipinski definition) is 7. The van der Waals surface area contributed by atoms with Gasteiger partial charge in [0.25, 0.3) is 0 Å². The number of carbonyl (C=O) groups is 1. The van der Waals surface area contributed by atoms with E-state index in [1.54, 1.807) is 31.1 Å². The molecule has 6 aromatic rings. The Labute approximate surface area is 205 Å². The highest BCUT2D eigenvalue weighted by molar-refractivity contribution is 5.98. The topological polar surface area (TPSA) is 129 Å². The van der Waals surface area contributed by atoms with Gasteiger partial charge in [-0.05, 0) is 50.0 Å². The monoisotopic (exact) mass is 478 g/mol. The molecule has 1 amide bonds. The van der Waals surface area contributed by atoms with Gasteiger partial charge in [0.05, 0.1) is 42.0 Å². The highest BCUT2D eigenvalue weighted by Crippen LogP contribution is 2.32. The maximum Gasteiger partial charge on any atom is 0.238 e. The normalized spacial score (nSPS) is 11.5. The molecule has 0 saturated carbocycles. The van der Waals surface area contributed by atoms with Gasteiger partial charge in [-0.25, -0.2) is 4.98 Å². The smallest absolute Gasteiger partial charge is 0.238 e. The lowest BCUT2D eigenvalue weighted by Gasteiger charge is -2.11. The minimum absolute atomic E-state index is 0.0966. The van der Waals surface area contributed by atoms with Crippen LogP contribution >= 0.6 is 0 Å². The van der Waals surface area contributed by atoms with Crippen molar-refractivity contribution in [2.75, 3.05) is 26.0 Å². The fourth-order valence-electron chi connectivity index (χ4n) is 4.19. The summed E-state index contributed by atoms with van der Waals surface area (Å²) >= 11 is 0. The minimum atomic E-state index is -0.0966. The van der Waals surface area contributed by atoms with Crippen LogP contribution in [0.15, 0.2) is 71.9 Å². The van der Waals surface area contributed by atoms with E-state index in [2.05, 4.69) is 30.5 Å². The van der Waals surface area contributed by atoms with Crippen LogP contribution in [0.4, 0.5) is 5.69 Å². The number of fused-ring (bicyclic) bond motifs is 2. The zero-order chi connectivity index (χ0) is 24.6. The Hall–Kier alpha value is -4.83. The number of rotatable bonds is 6. The van der Waals surface area contributed by atoms with Gasteiger partial charge in [0.2, 0.25) is 5.91 Å². The van der Waals surface area contributed by atoms with Gasteiger partial charge in [0.1, 0.15) is 16.9 Å². The number of benzene rings is 1. The second-order valence-corrected chi connectivity index (χ2v) is 8.73. The number of aromatic amines is 2. The maximum absolute atomic E-state index is 12.2. The summed E-state index contributed by atoms with van der Waals surface area (Å²) in [6, 6.07) is 11.7. The number of aromatic nitrogens is 6. The molecule has 10 nitrogen and oxygen atoms in total. The molecule has 1 aromatic carbocycles. The molecule has 0 aliphatic heterocycles. The van der Waals surface area contributed by atoms with Gasteiger partial charge in [0.15, 0.2) is 5.82 Å². The zero-order valence-corrected chi connectivity index (χ0v) is 19.6. The third-order valence-electron chi connectivity index (χ3n) is 5.80. The van der Waals surface area contributed by atoms with Crippen molar-refractivity contribution in [1.29, 1.82) is 0 Å². The van der Waals surface area contributed by atoms with Crippen LogP contribution in [0, 0.1) is 0 Å². The predicted molar refractivity (Wildman–Crippen MR) is 137 cm³/mol. The Kier molecular flexibility index (Phi) is 5.27. The highest BCUT2D eigenvalue weighted by atomic mass is 16.3. The van der Waals surface area contributed by atoms with Crippen LogP contribution in [-0.2, 0) is 4.79 Å². The van der Waals surface area contributed by atoms with Crippen LogP contribution < -0.4 is 5.32 Å². The molecule has 6 rings (SSSR count). The number of likely N-dealkylation sites (N-methyl/N-ethyl adjacent to an activating group) is 1. The zero-order valence-electron chi connectivity index (χ0n) is 19.6. The molecule has 10 heteroatoms. The first-order chi connectivity index (χ1) is 17.5. The average molecular weight is 479 g/mol. The number of imidazole rings is 1. The van der Waals surface area contributed by atoms with E-state index in [1.807, 2.05) is 55.4 Å². The summed E-state index contributed by atoms with van der Waals surface area (Å²) in [5, 5.41) is 11.4. The van der Waals surface area contributed by atoms with Gasteiger partial charge in [-0.2, -0.15) is 5.10 Å². The molecule has 0 radical (unpaired) electrons. The molecular weight excluding hydrogens is 456 g/mol. The van der Waals surface area contributed by atoms with Crippen LogP contribution in [0.3, 0.4) is 0 Å². The van der Waals surface area contributed by atoms with Crippen LogP contribution in [0.1, 0.15) is 0 Å². The summed E-state index contributed by atoms with van der Waals surface area (Å²) in [5.41, 5.74) is 7.24. The third kappa shape index (κ3) is 3.99. The van der Waals surface area contributed by atoms with E-state index < -0.39 is 0 Å². The van der Waals surface area contributed by atoms with Crippen molar-refractivity contribution in [3.05, 3.63) is 67.5 Å². The standard InChI is InChI=1S/C26H22N8O2/c1-34(2)13-22(35)29-18-9-17(11-27-12-18)15-3-4-20-19(10-15)24(33-32-20)26-30-21-5-7-28-23(25(21)31-26)16-6-8-36-14-16/h3-12,14H,13H2,1-2H3,(H,29,35)(H,30,31)(H,32,33). The van der Waals surface area contributed by atoms with Crippen molar-refractivity contribution in [2.45, 2.75) is 0 Å². The van der Waals surface area contributed by atoms with E-state index in [0.29, 0.717) is 23.8 Å². The number of pyridine rings is 2. The SMILES string of the molecule is CN(C)CC(=O)Nc1cncc(-c2ccc3[nH]nc(-c4nc5c(-c6ccoc6)nccc5[nH]4)c3c2)c1. The number of hydrogen-bond donors (Lipinski definition) is 3. The highest BCUT2D eigenvalue weighted by Gasteiger charge is 2.17. The molecule has 0 aliphatic carbocycles. The molecule has 0 bridgehead atoms. The maximum atomic E-state index is 12.2. The Morgan fingerprint density at radius 2 is 1.94 bits per heavy atom. The second-order valence-electron chi connectivity index (χ2n) is 8.73. The van der Waals surface area contributed by atoms with Gasteiger partial charge in [-0.15, -0.1) is 0 Å². The molecule has 0 spiro atoms. The molecule has 178 valence electrons. The van der Waals surface area contributed by atoms with Gasteiger partial charge >= 0.3 is 0 Å². The number of amides is 1. The summed E-state index contributed by atoms with van der Waals surface area (Å²) in [6.07, 6.45) is 8.41. The van der Waals surface area contributed by atoms with E-state index in [-0.39, 0.29) is 5.91 Å². The Morgan fingerprint density at radius 1 is 1.03 bits per heavy atom. The van der Waals surface area contributed by atoms with E-state index >= 15 is 0 Å². The number of anilines is 1. The quantitative estimate of drug-likeness (QED) is 0.325. The molecule has 0 aliphatic rings. The Balaban J connectivity index is 1.38. The predicted octanol–water partition coefficient (Wildman–Crippen LogP) is 4.32. The number of carbonyl (C=O) groups excluding carboxylic acids is 1. The number of furan rings is 1.